The summed E-state index contributed by atoms with van der Waals surface area (Å²) in [5, 5.41) is 21.8. The molecule has 12 heteroatoms. The predicted molar refractivity (Wildman–Crippen MR) is 272 cm³/mol. The summed E-state index contributed by atoms with van der Waals surface area (Å²) >= 11 is 0. The Morgan fingerprint density at radius 1 is 0.500 bits per heavy atom. The molecular weight excluding hydrogens is 854 g/mol. The lowest BCUT2D eigenvalue weighted by Gasteiger charge is -2.18. The number of carboxylic acid groups (broad SMARTS) is 1. The number of carbonyl (C=O) groups is 3. The summed E-state index contributed by atoms with van der Waals surface area (Å²) < 4.78 is 26.8. The Kier molecular flexibility index (Phi) is 43.2. The zero-order chi connectivity index (χ0) is 48.4. The van der Waals surface area contributed by atoms with Crippen molar-refractivity contribution in [1.29, 1.82) is 0 Å². The van der Waals surface area contributed by atoms with Crippen molar-refractivity contribution >= 4 is 25.7 Å². The van der Waals surface area contributed by atoms with Gasteiger partial charge in [-0.3, -0.25) is 18.6 Å². The van der Waals surface area contributed by atoms with Crippen molar-refractivity contribution in [3.63, 3.8) is 0 Å². The molecule has 11 nitrogen and oxygen atoms in total. The molecule has 0 fully saturated rings. The minimum absolute atomic E-state index is 0.0242. The molecule has 366 valence electrons. The number of aliphatic hydroxyl groups excluding tert-OH is 1. The van der Waals surface area contributed by atoms with E-state index in [0.717, 1.165) is 89.9 Å². The molecule has 0 saturated heterocycles. The summed E-state index contributed by atoms with van der Waals surface area (Å²) in [6.45, 7) is 2.21. The van der Waals surface area contributed by atoms with E-state index < -0.39 is 57.6 Å². The van der Waals surface area contributed by atoms with E-state index in [1.54, 1.807) is 6.08 Å². The van der Waals surface area contributed by atoms with Gasteiger partial charge in [0.25, 0.3) is 0 Å². The second kappa shape index (κ2) is 46.6. The molecule has 0 aliphatic carbocycles. The van der Waals surface area contributed by atoms with Gasteiger partial charge in [0, 0.05) is 6.42 Å². The maximum Gasteiger partial charge on any atom is 0.472 e. The summed E-state index contributed by atoms with van der Waals surface area (Å²) in [6, 6.07) is -1.59. The zero-order valence-electron chi connectivity index (χ0n) is 39.7. The van der Waals surface area contributed by atoms with Crippen LogP contribution in [0.5, 0.6) is 0 Å². The number of esters is 1. The average Bonchev–Trinajstić information content (AvgIpc) is 3.29. The minimum atomic E-state index is -4.81. The maximum atomic E-state index is 12.3. The highest BCUT2D eigenvalue weighted by molar-refractivity contribution is 7.47. The first kappa shape index (κ1) is 61.1. The summed E-state index contributed by atoms with van der Waals surface area (Å²) in [6.07, 6.45) is 67.2. The lowest BCUT2D eigenvalue weighted by molar-refractivity contribution is -0.146. The first-order valence-corrected chi connectivity index (χ1v) is 25.0. The molecule has 0 spiro atoms. The topological polar surface area (TPSA) is 169 Å². The van der Waals surface area contributed by atoms with Gasteiger partial charge in [0.15, 0.2) is 6.04 Å². The quantitative estimate of drug-likeness (QED) is 0.0200. The number of amides is 1. The van der Waals surface area contributed by atoms with Crippen LogP contribution in [0.25, 0.3) is 0 Å². The smallest absolute Gasteiger partial charge is 0.472 e. The molecule has 4 N–H and O–H groups in total. The van der Waals surface area contributed by atoms with Crippen molar-refractivity contribution in [2.75, 3.05) is 19.8 Å². The predicted octanol–water partition coefficient (Wildman–Crippen LogP) is 12.9. The number of aliphatic carboxylic acids is 1. The van der Waals surface area contributed by atoms with Crippen molar-refractivity contribution in [1.82, 2.24) is 5.32 Å². The Bertz CT molecular complexity index is 1710. The number of ether oxygens (including phenoxy) is 1. The number of phosphoric ester groups is 1. The molecule has 0 bridgehead atoms. The number of hydrogen-bond acceptors (Lipinski definition) is 8. The van der Waals surface area contributed by atoms with Gasteiger partial charge in [0.05, 0.1) is 19.6 Å². The largest absolute Gasteiger partial charge is 0.480 e. The second-order valence-corrected chi connectivity index (χ2v) is 16.3. The fourth-order valence-corrected chi connectivity index (χ4v) is 6.06. The van der Waals surface area contributed by atoms with E-state index in [4.69, 9.17) is 13.8 Å². The number of unbranched alkanes of at least 4 members (excludes halogenated alkanes) is 2. The molecular formula is C54H80NO10P. The highest BCUT2D eigenvalue weighted by Crippen LogP contribution is 2.43. The fraction of sp³-hybridized carbons (Fsp3) is 0.463. The average molecular weight is 934 g/mol. The molecule has 0 aromatic rings. The first-order chi connectivity index (χ1) is 32.1. The number of carbonyl (C=O) groups excluding carboxylic acids is 2. The molecule has 66 heavy (non-hydrogen) atoms. The van der Waals surface area contributed by atoms with Gasteiger partial charge in [-0.05, 0) is 103 Å². The molecule has 3 atom stereocenters. The normalized spacial score (nSPS) is 15.0. The monoisotopic (exact) mass is 934 g/mol. The van der Waals surface area contributed by atoms with Crippen molar-refractivity contribution in [3.05, 3.63) is 158 Å². The summed E-state index contributed by atoms with van der Waals surface area (Å²) in [5.74, 6) is -2.60. The lowest BCUT2D eigenvalue weighted by atomic mass is 10.1. The number of phosphoric acid groups is 1. The minimum Gasteiger partial charge on any atom is -0.480 e. The Morgan fingerprint density at radius 3 is 1.23 bits per heavy atom. The summed E-state index contributed by atoms with van der Waals surface area (Å²) in [5.41, 5.74) is 0. The number of carboxylic acids is 1. The van der Waals surface area contributed by atoms with Crippen LogP contribution in [0.2, 0.25) is 0 Å². The van der Waals surface area contributed by atoms with E-state index in [1.165, 1.54) is 0 Å². The van der Waals surface area contributed by atoms with E-state index in [-0.39, 0.29) is 12.8 Å². The van der Waals surface area contributed by atoms with E-state index in [2.05, 4.69) is 147 Å². The molecule has 1 amide bonds. The second-order valence-electron chi connectivity index (χ2n) is 14.8. The van der Waals surface area contributed by atoms with E-state index >= 15 is 0 Å². The number of nitrogens with one attached hydrogen (secondary N) is 1. The van der Waals surface area contributed by atoms with Crippen LogP contribution in [0, 0.1) is 0 Å². The van der Waals surface area contributed by atoms with Crippen molar-refractivity contribution in [2.24, 2.45) is 0 Å². The molecule has 0 aromatic carbocycles. The third-order valence-electron chi connectivity index (χ3n) is 8.85. The standard InChI is InChI=1S/C54H80NO10P/c1-3-5-7-9-11-13-15-17-19-21-23-25-27-29-31-33-35-37-39-41-43-45-52(57)55-51(54(59)60)49-65-66(61,62)64-48-50(56)47-63-53(58)46-44-42-40-38-36-34-32-30-28-26-24-22-20-18-16-14-12-10-8-6-4-2/h5-8,11-14,17-20,23-26,29-32,35-38,42,44,50-51,56H,3-4,9-10,15-16,21-22,27-28,33-34,39-41,43,45-49H2,1-2H3,(H,55,57)(H,59,60)(H,61,62)/b7-5-,8-6-,13-11-,14-12-,19-17-,20-18-,25-23-,26-24-,31-29-,32-30-,37-35-,38-36-,44-42-. The van der Waals surface area contributed by atoms with Gasteiger partial charge in [-0.2, -0.15) is 0 Å². The summed E-state index contributed by atoms with van der Waals surface area (Å²) in [4.78, 5) is 46.0. The zero-order valence-corrected chi connectivity index (χ0v) is 40.6. The van der Waals surface area contributed by atoms with Crippen LogP contribution >= 0.6 is 7.82 Å². The number of rotatable bonds is 41. The third-order valence-corrected chi connectivity index (χ3v) is 9.80. The molecule has 0 radical (unpaired) electrons. The molecule has 0 rings (SSSR count). The molecule has 0 heterocycles. The third kappa shape index (κ3) is 45.7. The highest BCUT2D eigenvalue weighted by atomic mass is 31.2. The van der Waals surface area contributed by atoms with Crippen LogP contribution in [-0.4, -0.2) is 64.9 Å². The molecule has 0 aliphatic heterocycles. The molecule has 3 unspecified atom stereocenters. The highest BCUT2D eigenvalue weighted by Gasteiger charge is 2.28. The van der Waals surface area contributed by atoms with Crippen LogP contribution in [-0.2, 0) is 32.7 Å². The number of aliphatic hydroxyl groups is 1. The fourth-order valence-electron chi connectivity index (χ4n) is 5.28. The van der Waals surface area contributed by atoms with Gasteiger partial charge in [0.2, 0.25) is 5.91 Å². The molecule has 0 saturated carbocycles. The first-order valence-electron chi connectivity index (χ1n) is 23.5. The van der Waals surface area contributed by atoms with E-state index in [9.17, 15) is 34.1 Å². The van der Waals surface area contributed by atoms with Crippen molar-refractivity contribution < 1.29 is 47.8 Å². The van der Waals surface area contributed by atoms with Crippen molar-refractivity contribution in [3.8, 4) is 0 Å². The Hall–Kier alpha value is -4.90. The van der Waals surface area contributed by atoms with Gasteiger partial charge < -0.3 is 25.2 Å². The van der Waals surface area contributed by atoms with Gasteiger partial charge >= 0.3 is 19.8 Å². The Balaban J connectivity index is 4.10. The van der Waals surface area contributed by atoms with Gasteiger partial charge in [-0.25, -0.2) is 9.36 Å². The number of allylic oxidation sites excluding steroid dienone is 25. The van der Waals surface area contributed by atoms with Crippen LogP contribution in [0.15, 0.2) is 158 Å². The van der Waals surface area contributed by atoms with Gasteiger partial charge in [-0.1, -0.05) is 172 Å². The lowest BCUT2D eigenvalue weighted by Crippen LogP contribution is -2.43. The number of hydrogen-bond donors (Lipinski definition) is 4. The maximum absolute atomic E-state index is 12.3. The van der Waals surface area contributed by atoms with Crippen LogP contribution in [0.3, 0.4) is 0 Å². The molecule has 0 aliphatic rings. The Labute approximate surface area is 396 Å². The van der Waals surface area contributed by atoms with E-state index in [0.29, 0.717) is 12.8 Å². The van der Waals surface area contributed by atoms with Gasteiger partial charge in [-0.15, -0.1) is 0 Å². The van der Waals surface area contributed by atoms with Crippen LogP contribution in [0.1, 0.15) is 129 Å². The van der Waals surface area contributed by atoms with Crippen LogP contribution in [0.4, 0.5) is 0 Å². The van der Waals surface area contributed by atoms with E-state index in [1.807, 2.05) is 24.3 Å². The Morgan fingerprint density at radius 2 is 0.848 bits per heavy atom. The SMILES string of the molecule is CC/C=C\C/C=C\C/C=C\C/C=C\C/C=C\C/C=C\C/C=C\CC(=O)OCC(O)COP(=O)(O)OCC(NC(=O)CCCC/C=C\C/C=C\C/C=C\C/C=C\C/C=C\C/C=C\CC)C(=O)O. The van der Waals surface area contributed by atoms with Crippen molar-refractivity contribution in [2.45, 2.75) is 142 Å². The van der Waals surface area contributed by atoms with Crippen LogP contribution < -0.4 is 5.32 Å². The summed E-state index contributed by atoms with van der Waals surface area (Å²) in [7, 11) is -4.81. The van der Waals surface area contributed by atoms with Gasteiger partial charge in [0.1, 0.15) is 12.7 Å². The molecule has 0 aromatic heterocycles.